The van der Waals surface area contributed by atoms with Gasteiger partial charge < -0.3 is 10.5 Å². The van der Waals surface area contributed by atoms with Crippen LogP contribution in [0.3, 0.4) is 0 Å². The first kappa shape index (κ1) is 12.6. The van der Waals surface area contributed by atoms with Gasteiger partial charge in [0.05, 0.1) is 6.10 Å². The summed E-state index contributed by atoms with van der Waals surface area (Å²) in [7, 11) is 0. The molecule has 1 aliphatic heterocycles. The molecule has 0 amide bonds. The number of benzene rings is 1. The highest BCUT2D eigenvalue weighted by atomic mass is 16.5. The second-order valence-corrected chi connectivity index (χ2v) is 4.79. The lowest BCUT2D eigenvalue weighted by Gasteiger charge is -2.21. The number of ether oxygens (including phenoxy) is 1. The summed E-state index contributed by atoms with van der Waals surface area (Å²) in [5.74, 6) is 0. The van der Waals surface area contributed by atoms with Crippen molar-refractivity contribution in [2.75, 3.05) is 19.7 Å². The molecule has 1 heterocycles. The van der Waals surface area contributed by atoms with Crippen molar-refractivity contribution in [2.24, 2.45) is 5.73 Å². The summed E-state index contributed by atoms with van der Waals surface area (Å²) in [6.07, 6.45) is 1.48. The second-order valence-electron chi connectivity index (χ2n) is 4.79. The lowest BCUT2D eigenvalue weighted by atomic mass is 10.1. The Kier molecular flexibility index (Phi) is 4.54. The molecule has 94 valence electrons. The first-order valence-electron chi connectivity index (χ1n) is 6.40. The molecule has 0 aromatic heterocycles. The lowest BCUT2D eigenvalue weighted by molar-refractivity contribution is 0.0668. The number of hydrogen-bond donors (Lipinski definition) is 1. The monoisotopic (exact) mass is 234 g/mol. The number of hydrogen-bond acceptors (Lipinski definition) is 3. The molecule has 0 aliphatic carbocycles. The van der Waals surface area contributed by atoms with Gasteiger partial charge in [-0.3, -0.25) is 4.90 Å². The molecule has 1 aromatic carbocycles. The minimum Gasteiger partial charge on any atom is -0.377 e. The fourth-order valence-electron chi connectivity index (χ4n) is 2.26. The Balaban J connectivity index is 1.94. The summed E-state index contributed by atoms with van der Waals surface area (Å²) in [5, 5.41) is 0. The van der Waals surface area contributed by atoms with E-state index in [9.17, 15) is 0 Å². The van der Waals surface area contributed by atoms with E-state index in [0.717, 1.165) is 32.7 Å². The van der Waals surface area contributed by atoms with E-state index in [1.807, 2.05) is 0 Å². The topological polar surface area (TPSA) is 38.5 Å². The van der Waals surface area contributed by atoms with Crippen LogP contribution in [0.25, 0.3) is 0 Å². The quantitative estimate of drug-likeness (QED) is 0.866. The van der Waals surface area contributed by atoms with Crippen LogP contribution in [-0.4, -0.2) is 30.7 Å². The van der Waals surface area contributed by atoms with E-state index in [0.29, 0.717) is 12.6 Å². The molecular weight excluding hydrogens is 212 g/mol. The van der Waals surface area contributed by atoms with Crippen LogP contribution in [0.15, 0.2) is 24.3 Å². The summed E-state index contributed by atoms with van der Waals surface area (Å²) in [4.78, 5) is 2.47. The van der Waals surface area contributed by atoms with E-state index in [1.165, 1.54) is 11.1 Å². The lowest BCUT2D eigenvalue weighted by Crippen LogP contribution is -2.29. The third kappa shape index (κ3) is 3.80. The summed E-state index contributed by atoms with van der Waals surface area (Å²) >= 11 is 0. The van der Waals surface area contributed by atoms with Crippen LogP contribution in [0.1, 0.15) is 24.5 Å². The molecule has 3 nitrogen and oxygen atoms in total. The van der Waals surface area contributed by atoms with Gasteiger partial charge in [-0.2, -0.15) is 0 Å². The van der Waals surface area contributed by atoms with Crippen molar-refractivity contribution in [3.05, 3.63) is 35.4 Å². The maximum Gasteiger partial charge on any atom is 0.0674 e. The first-order chi connectivity index (χ1) is 8.28. The van der Waals surface area contributed by atoms with E-state index in [2.05, 4.69) is 36.1 Å². The Morgan fingerprint density at radius 1 is 1.29 bits per heavy atom. The average Bonchev–Trinajstić information content (AvgIpc) is 2.55. The molecule has 0 spiro atoms. The van der Waals surface area contributed by atoms with Crippen LogP contribution in [0, 0.1) is 0 Å². The zero-order chi connectivity index (χ0) is 12.1. The first-order valence-corrected chi connectivity index (χ1v) is 6.40. The van der Waals surface area contributed by atoms with E-state index in [4.69, 9.17) is 10.5 Å². The molecule has 1 atom stereocenters. The van der Waals surface area contributed by atoms with E-state index in [-0.39, 0.29) is 0 Å². The van der Waals surface area contributed by atoms with Crippen molar-refractivity contribution in [1.29, 1.82) is 0 Å². The van der Waals surface area contributed by atoms with Gasteiger partial charge in [0.2, 0.25) is 0 Å². The Labute approximate surface area is 104 Å². The largest absolute Gasteiger partial charge is 0.377 e. The van der Waals surface area contributed by atoms with Crippen LogP contribution >= 0.6 is 0 Å². The van der Waals surface area contributed by atoms with Crippen LogP contribution in [0.4, 0.5) is 0 Å². The standard InChI is InChI=1S/C14H22N2O/c1-12-10-16(7-2-8-17-12)11-14-5-3-13(9-15)4-6-14/h3-6,12H,2,7-11,15H2,1H3. The number of nitrogens with two attached hydrogens (primary N) is 1. The van der Waals surface area contributed by atoms with Gasteiger partial charge in [0.1, 0.15) is 0 Å². The Morgan fingerprint density at radius 2 is 2.00 bits per heavy atom. The maximum atomic E-state index is 5.65. The summed E-state index contributed by atoms with van der Waals surface area (Å²) in [6, 6.07) is 8.59. The fourth-order valence-corrected chi connectivity index (χ4v) is 2.26. The Hall–Kier alpha value is -0.900. The van der Waals surface area contributed by atoms with Gasteiger partial charge in [-0.25, -0.2) is 0 Å². The molecule has 0 radical (unpaired) electrons. The predicted octanol–water partition coefficient (Wildman–Crippen LogP) is 1.76. The highest BCUT2D eigenvalue weighted by Crippen LogP contribution is 2.11. The zero-order valence-electron chi connectivity index (χ0n) is 10.6. The number of rotatable bonds is 3. The van der Waals surface area contributed by atoms with Gasteiger partial charge in [-0.15, -0.1) is 0 Å². The molecule has 2 rings (SSSR count). The molecule has 2 N–H and O–H groups in total. The van der Waals surface area contributed by atoms with Gasteiger partial charge in [-0.1, -0.05) is 24.3 Å². The van der Waals surface area contributed by atoms with Crippen molar-refractivity contribution in [1.82, 2.24) is 4.90 Å². The zero-order valence-corrected chi connectivity index (χ0v) is 10.6. The highest BCUT2D eigenvalue weighted by Gasteiger charge is 2.14. The van der Waals surface area contributed by atoms with E-state index >= 15 is 0 Å². The third-order valence-electron chi connectivity index (χ3n) is 3.20. The highest BCUT2D eigenvalue weighted by molar-refractivity contribution is 5.22. The van der Waals surface area contributed by atoms with Crippen LogP contribution in [-0.2, 0) is 17.8 Å². The Morgan fingerprint density at radius 3 is 2.71 bits per heavy atom. The van der Waals surface area contributed by atoms with Crippen LogP contribution < -0.4 is 5.73 Å². The number of nitrogens with zero attached hydrogens (tertiary/aromatic N) is 1. The van der Waals surface area contributed by atoms with Crippen LogP contribution in [0.5, 0.6) is 0 Å². The van der Waals surface area contributed by atoms with Crippen molar-refractivity contribution < 1.29 is 4.74 Å². The van der Waals surface area contributed by atoms with Gasteiger partial charge in [-0.05, 0) is 24.5 Å². The molecular formula is C14H22N2O. The molecule has 1 aromatic rings. The molecule has 3 heteroatoms. The van der Waals surface area contributed by atoms with Crippen molar-refractivity contribution >= 4 is 0 Å². The molecule has 17 heavy (non-hydrogen) atoms. The van der Waals surface area contributed by atoms with Gasteiger partial charge in [0, 0.05) is 32.8 Å². The van der Waals surface area contributed by atoms with Crippen molar-refractivity contribution in [3.63, 3.8) is 0 Å². The van der Waals surface area contributed by atoms with Crippen LogP contribution in [0.2, 0.25) is 0 Å². The smallest absolute Gasteiger partial charge is 0.0674 e. The summed E-state index contributed by atoms with van der Waals surface area (Å²) < 4.78 is 5.65. The Bertz CT molecular complexity index is 337. The van der Waals surface area contributed by atoms with E-state index < -0.39 is 0 Å². The van der Waals surface area contributed by atoms with Crippen molar-refractivity contribution in [2.45, 2.75) is 32.5 Å². The van der Waals surface area contributed by atoms with Gasteiger partial charge in [0.25, 0.3) is 0 Å². The third-order valence-corrected chi connectivity index (χ3v) is 3.20. The fraction of sp³-hybridized carbons (Fsp3) is 0.571. The summed E-state index contributed by atoms with van der Waals surface area (Å²) in [6.45, 7) is 6.83. The average molecular weight is 234 g/mol. The normalized spacial score (nSPS) is 22.4. The maximum absolute atomic E-state index is 5.65. The minimum absolute atomic E-state index is 0.348. The SMILES string of the molecule is CC1CN(Cc2ccc(CN)cc2)CCCO1. The summed E-state index contributed by atoms with van der Waals surface area (Å²) in [5.41, 5.74) is 8.15. The molecule has 0 saturated carbocycles. The van der Waals surface area contributed by atoms with Crippen molar-refractivity contribution in [3.8, 4) is 0 Å². The van der Waals surface area contributed by atoms with Gasteiger partial charge in [0.15, 0.2) is 0 Å². The molecule has 1 unspecified atom stereocenters. The van der Waals surface area contributed by atoms with Gasteiger partial charge >= 0.3 is 0 Å². The molecule has 0 bridgehead atoms. The molecule has 1 fully saturated rings. The van der Waals surface area contributed by atoms with E-state index in [1.54, 1.807) is 0 Å². The predicted molar refractivity (Wildman–Crippen MR) is 69.6 cm³/mol. The minimum atomic E-state index is 0.348. The molecule has 1 aliphatic rings. The molecule has 1 saturated heterocycles. The second kappa shape index (κ2) is 6.15.